The number of ether oxygens (including phenoxy) is 1. The van der Waals surface area contributed by atoms with Crippen molar-refractivity contribution in [2.24, 2.45) is 11.8 Å². The molecule has 1 heterocycles. The summed E-state index contributed by atoms with van der Waals surface area (Å²) in [4.78, 5) is 2.57. The van der Waals surface area contributed by atoms with Gasteiger partial charge in [-0.1, -0.05) is 52.0 Å². The quantitative estimate of drug-likeness (QED) is 0.700. The summed E-state index contributed by atoms with van der Waals surface area (Å²) < 4.78 is 5.83. The smallest absolute Gasteiger partial charge is 0.0678 e. The molecule has 0 N–H and O–H groups in total. The fourth-order valence-electron chi connectivity index (χ4n) is 3.68. The fourth-order valence-corrected chi connectivity index (χ4v) is 3.68. The maximum absolute atomic E-state index is 5.83. The van der Waals surface area contributed by atoms with Gasteiger partial charge in [-0.15, -0.1) is 12.4 Å². The van der Waals surface area contributed by atoms with Crippen molar-refractivity contribution in [1.29, 1.82) is 0 Å². The molecule has 3 heteroatoms. The third kappa shape index (κ3) is 6.38. The molecule has 1 aromatic rings. The SMILES string of the molecule is CC(Cc1ccc(C(C)C(C)C)cc1)CN1C[C@@H](C)O[C@@H](C)C1.Cl. The molecule has 4 atom stereocenters. The Morgan fingerprint density at radius 2 is 1.54 bits per heavy atom. The van der Waals surface area contributed by atoms with E-state index in [1.807, 2.05) is 0 Å². The highest BCUT2D eigenvalue weighted by Crippen LogP contribution is 2.24. The summed E-state index contributed by atoms with van der Waals surface area (Å²) >= 11 is 0. The van der Waals surface area contributed by atoms with Crippen LogP contribution < -0.4 is 0 Å². The third-order valence-electron chi connectivity index (χ3n) is 5.15. The minimum atomic E-state index is 0. The summed E-state index contributed by atoms with van der Waals surface area (Å²) in [5, 5.41) is 0. The molecule has 0 aliphatic carbocycles. The van der Waals surface area contributed by atoms with Crippen LogP contribution in [0, 0.1) is 11.8 Å². The average Bonchev–Trinajstić information content (AvgIpc) is 2.45. The molecule has 2 nitrogen and oxygen atoms in total. The van der Waals surface area contributed by atoms with Crippen LogP contribution in [0.1, 0.15) is 58.6 Å². The zero-order valence-corrected chi connectivity index (χ0v) is 17.1. The summed E-state index contributed by atoms with van der Waals surface area (Å²) in [5.41, 5.74) is 2.93. The molecule has 2 rings (SSSR count). The van der Waals surface area contributed by atoms with E-state index in [1.165, 1.54) is 17.7 Å². The number of rotatable bonds is 6. The molecule has 1 aliphatic rings. The van der Waals surface area contributed by atoms with Crippen molar-refractivity contribution in [2.45, 2.75) is 66.1 Å². The van der Waals surface area contributed by atoms with E-state index in [4.69, 9.17) is 4.74 Å². The minimum Gasteiger partial charge on any atom is -0.373 e. The van der Waals surface area contributed by atoms with Gasteiger partial charge in [-0.25, -0.2) is 0 Å². The lowest BCUT2D eigenvalue weighted by Crippen LogP contribution is -2.47. The van der Waals surface area contributed by atoms with Crippen LogP contribution >= 0.6 is 12.4 Å². The highest BCUT2D eigenvalue weighted by molar-refractivity contribution is 5.85. The summed E-state index contributed by atoms with van der Waals surface area (Å²) in [7, 11) is 0. The van der Waals surface area contributed by atoms with Crippen molar-refractivity contribution in [3.05, 3.63) is 35.4 Å². The van der Waals surface area contributed by atoms with E-state index in [0.717, 1.165) is 19.5 Å². The molecule has 0 bridgehead atoms. The van der Waals surface area contributed by atoms with Crippen molar-refractivity contribution in [2.75, 3.05) is 19.6 Å². The molecular formula is C21H36ClNO. The first-order valence-corrected chi connectivity index (χ1v) is 9.31. The van der Waals surface area contributed by atoms with Gasteiger partial charge in [0, 0.05) is 19.6 Å². The largest absolute Gasteiger partial charge is 0.373 e. The Morgan fingerprint density at radius 3 is 2.04 bits per heavy atom. The topological polar surface area (TPSA) is 12.5 Å². The van der Waals surface area contributed by atoms with Crippen LogP contribution in [0.3, 0.4) is 0 Å². The Labute approximate surface area is 155 Å². The predicted molar refractivity (Wildman–Crippen MR) is 106 cm³/mol. The molecular weight excluding hydrogens is 318 g/mol. The van der Waals surface area contributed by atoms with Crippen LogP contribution in [0.4, 0.5) is 0 Å². The van der Waals surface area contributed by atoms with E-state index in [0.29, 0.717) is 30.0 Å². The van der Waals surface area contributed by atoms with Gasteiger partial charge in [0.1, 0.15) is 0 Å². The number of benzene rings is 1. The molecule has 138 valence electrons. The summed E-state index contributed by atoms with van der Waals surface area (Å²) in [6.07, 6.45) is 1.89. The lowest BCUT2D eigenvalue weighted by molar-refractivity contribution is -0.0708. The first kappa shape index (κ1) is 21.5. The van der Waals surface area contributed by atoms with E-state index in [9.17, 15) is 0 Å². The lowest BCUT2D eigenvalue weighted by atomic mass is 9.89. The number of hydrogen-bond donors (Lipinski definition) is 0. The molecule has 1 aromatic carbocycles. The normalized spacial score (nSPS) is 24.5. The van der Waals surface area contributed by atoms with Crippen molar-refractivity contribution in [3.63, 3.8) is 0 Å². The van der Waals surface area contributed by atoms with Gasteiger partial charge < -0.3 is 4.74 Å². The average molecular weight is 354 g/mol. The van der Waals surface area contributed by atoms with Gasteiger partial charge >= 0.3 is 0 Å². The molecule has 0 saturated carbocycles. The van der Waals surface area contributed by atoms with Crippen LogP contribution in [0.15, 0.2) is 24.3 Å². The van der Waals surface area contributed by atoms with E-state index >= 15 is 0 Å². The lowest BCUT2D eigenvalue weighted by Gasteiger charge is -2.36. The van der Waals surface area contributed by atoms with Gasteiger partial charge in [-0.2, -0.15) is 0 Å². The highest BCUT2D eigenvalue weighted by atomic mass is 35.5. The zero-order chi connectivity index (χ0) is 17.0. The maximum atomic E-state index is 5.83. The van der Waals surface area contributed by atoms with E-state index in [-0.39, 0.29) is 12.4 Å². The zero-order valence-electron chi connectivity index (χ0n) is 16.3. The monoisotopic (exact) mass is 353 g/mol. The van der Waals surface area contributed by atoms with E-state index in [2.05, 4.69) is 70.7 Å². The number of morpholine rings is 1. The number of hydrogen-bond acceptors (Lipinski definition) is 2. The second-order valence-corrected chi connectivity index (χ2v) is 8.06. The molecule has 0 radical (unpaired) electrons. The minimum absolute atomic E-state index is 0. The van der Waals surface area contributed by atoms with Gasteiger partial charge in [0.15, 0.2) is 0 Å². The molecule has 0 aromatic heterocycles. The Balaban J connectivity index is 0.00000288. The summed E-state index contributed by atoms with van der Waals surface area (Å²) in [5.74, 6) is 2.02. The Hall–Kier alpha value is -0.570. The molecule has 1 saturated heterocycles. The van der Waals surface area contributed by atoms with E-state index < -0.39 is 0 Å². The molecule has 24 heavy (non-hydrogen) atoms. The summed E-state index contributed by atoms with van der Waals surface area (Å²) in [6, 6.07) is 9.31. The van der Waals surface area contributed by atoms with Crippen LogP contribution in [0.2, 0.25) is 0 Å². The molecule has 2 unspecified atom stereocenters. The highest BCUT2D eigenvalue weighted by Gasteiger charge is 2.23. The van der Waals surface area contributed by atoms with Gasteiger partial charge in [-0.05, 0) is 49.1 Å². The van der Waals surface area contributed by atoms with Gasteiger partial charge in [0.2, 0.25) is 0 Å². The van der Waals surface area contributed by atoms with Gasteiger partial charge in [0.05, 0.1) is 12.2 Å². The first-order valence-electron chi connectivity index (χ1n) is 9.31. The number of nitrogens with zero attached hydrogens (tertiary/aromatic N) is 1. The van der Waals surface area contributed by atoms with Crippen LogP contribution in [-0.2, 0) is 11.2 Å². The van der Waals surface area contributed by atoms with Crippen molar-refractivity contribution in [1.82, 2.24) is 4.90 Å². The van der Waals surface area contributed by atoms with Crippen LogP contribution in [0.5, 0.6) is 0 Å². The summed E-state index contributed by atoms with van der Waals surface area (Å²) in [6.45, 7) is 17.0. The van der Waals surface area contributed by atoms with Crippen LogP contribution in [0.25, 0.3) is 0 Å². The Bertz CT molecular complexity index is 463. The second kappa shape index (κ2) is 9.79. The fraction of sp³-hybridized carbons (Fsp3) is 0.714. The Kier molecular flexibility index (Phi) is 8.76. The molecule has 0 amide bonds. The van der Waals surface area contributed by atoms with Gasteiger partial charge in [0.25, 0.3) is 0 Å². The maximum Gasteiger partial charge on any atom is 0.0678 e. The van der Waals surface area contributed by atoms with Crippen molar-refractivity contribution < 1.29 is 4.74 Å². The van der Waals surface area contributed by atoms with Gasteiger partial charge in [-0.3, -0.25) is 4.90 Å². The second-order valence-electron chi connectivity index (χ2n) is 8.06. The van der Waals surface area contributed by atoms with Crippen molar-refractivity contribution >= 4 is 12.4 Å². The van der Waals surface area contributed by atoms with E-state index in [1.54, 1.807) is 0 Å². The molecule has 1 aliphatic heterocycles. The molecule has 0 spiro atoms. The molecule has 1 fully saturated rings. The number of halogens is 1. The van der Waals surface area contributed by atoms with Crippen LogP contribution in [-0.4, -0.2) is 36.7 Å². The third-order valence-corrected chi connectivity index (χ3v) is 5.15. The Morgan fingerprint density at radius 1 is 1.00 bits per heavy atom. The van der Waals surface area contributed by atoms with Crippen molar-refractivity contribution in [3.8, 4) is 0 Å². The first-order chi connectivity index (χ1) is 10.8. The standard InChI is InChI=1S/C21H35NO.ClH/c1-15(2)19(6)21-9-7-20(8-10-21)11-16(3)12-22-13-17(4)23-18(5)14-22;/h7-10,15-19H,11-14H2,1-6H3;1H/t16?,17-,18+,19?;. The predicted octanol–water partition coefficient (Wildman–Crippen LogP) is 5.16.